The van der Waals surface area contributed by atoms with E-state index in [2.05, 4.69) is 9.88 Å². The van der Waals surface area contributed by atoms with Crippen LogP contribution in [0.2, 0.25) is 0 Å². The molecule has 0 saturated carbocycles. The largest absolute Gasteiger partial charge is 0.341 e. The van der Waals surface area contributed by atoms with Crippen molar-refractivity contribution in [2.45, 2.75) is 25.8 Å². The van der Waals surface area contributed by atoms with Gasteiger partial charge in [0.15, 0.2) is 0 Å². The predicted octanol–water partition coefficient (Wildman–Crippen LogP) is -0.120. The molecule has 88 valence electrons. The second-order valence-electron chi connectivity index (χ2n) is 4.29. The highest BCUT2D eigenvalue weighted by Gasteiger charge is 2.22. The van der Waals surface area contributed by atoms with E-state index in [1.54, 1.807) is 17.7 Å². The Morgan fingerprint density at radius 2 is 2.38 bits per heavy atom. The summed E-state index contributed by atoms with van der Waals surface area (Å²) in [6.45, 7) is 3.67. The van der Waals surface area contributed by atoms with Crippen molar-refractivity contribution in [1.82, 2.24) is 9.55 Å². The highest BCUT2D eigenvalue weighted by atomic mass is 16.1. The molecule has 2 N–H and O–H groups in total. The molecule has 1 atom stereocenters. The van der Waals surface area contributed by atoms with E-state index in [1.165, 1.54) is 0 Å². The molecule has 16 heavy (non-hydrogen) atoms. The van der Waals surface area contributed by atoms with Gasteiger partial charge in [-0.2, -0.15) is 0 Å². The van der Waals surface area contributed by atoms with Crippen molar-refractivity contribution in [2.75, 3.05) is 18.0 Å². The summed E-state index contributed by atoms with van der Waals surface area (Å²) in [5, 5.41) is 0. The second kappa shape index (κ2) is 4.25. The third-order valence-electron chi connectivity index (χ3n) is 3.03. The number of hydrogen-bond acceptors (Lipinski definition) is 4. The zero-order chi connectivity index (χ0) is 11.7. The molecule has 1 aromatic heterocycles. The van der Waals surface area contributed by atoms with E-state index < -0.39 is 0 Å². The molecule has 0 unspecified atom stereocenters. The summed E-state index contributed by atoms with van der Waals surface area (Å²) in [6, 6.07) is 1.79. The molecule has 1 saturated heterocycles. The maximum Gasteiger partial charge on any atom is 0.254 e. The van der Waals surface area contributed by atoms with Crippen molar-refractivity contribution in [3.63, 3.8) is 0 Å². The van der Waals surface area contributed by atoms with Crippen molar-refractivity contribution < 1.29 is 0 Å². The summed E-state index contributed by atoms with van der Waals surface area (Å²) in [6.07, 6.45) is 1.75. The van der Waals surface area contributed by atoms with Gasteiger partial charge in [0.1, 0.15) is 0 Å². The van der Waals surface area contributed by atoms with E-state index in [-0.39, 0.29) is 11.6 Å². The van der Waals surface area contributed by atoms with Gasteiger partial charge in [0, 0.05) is 37.9 Å². The molecule has 1 aromatic rings. The molecular weight excluding hydrogens is 204 g/mol. The lowest BCUT2D eigenvalue weighted by Gasteiger charge is -2.19. The topological polar surface area (TPSA) is 64.2 Å². The van der Waals surface area contributed by atoms with Crippen LogP contribution in [0.15, 0.2) is 10.9 Å². The Morgan fingerprint density at radius 1 is 1.62 bits per heavy atom. The van der Waals surface area contributed by atoms with Crippen molar-refractivity contribution in [3.8, 4) is 0 Å². The lowest BCUT2D eigenvalue weighted by molar-refractivity contribution is 0.730. The SMILES string of the molecule is CCc1cc(=O)n(C)c(N2CC[C@H](N)C2)n1. The Balaban J connectivity index is 2.39. The van der Waals surface area contributed by atoms with Crippen molar-refractivity contribution in [1.29, 1.82) is 0 Å². The first-order valence-corrected chi connectivity index (χ1v) is 5.69. The Labute approximate surface area is 94.9 Å². The van der Waals surface area contributed by atoms with Crippen molar-refractivity contribution >= 4 is 5.95 Å². The van der Waals surface area contributed by atoms with Crippen molar-refractivity contribution in [3.05, 3.63) is 22.1 Å². The number of aromatic nitrogens is 2. The molecule has 0 aromatic carbocycles. The second-order valence-corrected chi connectivity index (χ2v) is 4.29. The minimum absolute atomic E-state index is 0.00215. The fraction of sp³-hybridized carbons (Fsp3) is 0.636. The van der Waals surface area contributed by atoms with E-state index in [0.717, 1.165) is 37.6 Å². The van der Waals surface area contributed by atoms with Gasteiger partial charge >= 0.3 is 0 Å². The van der Waals surface area contributed by atoms with E-state index in [9.17, 15) is 4.79 Å². The summed E-state index contributed by atoms with van der Waals surface area (Å²) in [5.74, 6) is 0.748. The molecule has 1 aliphatic heterocycles. The fourth-order valence-electron chi connectivity index (χ4n) is 2.01. The maximum atomic E-state index is 11.7. The van der Waals surface area contributed by atoms with Gasteiger partial charge < -0.3 is 10.6 Å². The third kappa shape index (κ3) is 1.95. The molecule has 1 fully saturated rings. The molecule has 5 nitrogen and oxygen atoms in total. The monoisotopic (exact) mass is 222 g/mol. The van der Waals surface area contributed by atoms with Crippen LogP contribution in [0.25, 0.3) is 0 Å². The van der Waals surface area contributed by atoms with E-state index in [1.807, 2.05) is 6.92 Å². The zero-order valence-corrected chi connectivity index (χ0v) is 9.81. The maximum absolute atomic E-state index is 11.7. The minimum Gasteiger partial charge on any atom is -0.341 e. The smallest absolute Gasteiger partial charge is 0.254 e. The number of aryl methyl sites for hydroxylation is 1. The summed E-state index contributed by atoms with van der Waals surface area (Å²) in [5.41, 5.74) is 6.71. The first-order chi connectivity index (χ1) is 7.61. The third-order valence-corrected chi connectivity index (χ3v) is 3.03. The highest BCUT2D eigenvalue weighted by Crippen LogP contribution is 2.15. The number of anilines is 1. The standard InChI is InChI=1S/C11H18N4O/c1-3-9-6-10(16)14(2)11(13-9)15-5-4-8(12)7-15/h6,8H,3-5,7,12H2,1-2H3/t8-/m0/s1. The van der Waals surface area contributed by atoms with Crippen LogP contribution in [-0.2, 0) is 13.5 Å². The number of rotatable bonds is 2. The van der Waals surface area contributed by atoms with Gasteiger partial charge in [-0.15, -0.1) is 0 Å². The first kappa shape index (κ1) is 11.1. The predicted molar refractivity (Wildman–Crippen MR) is 63.7 cm³/mol. The van der Waals surface area contributed by atoms with Crippen LogP contribution in [0.3, 0.4) is 0 Å². The van der Waals surface area contributed by atoms with E-state index >= 15 is 0 Å². The first-order valence-electron chi connectivity index (χ1n) is 5.69. The quantitative estimate of drug-likeness (QED) is 0.757. The van der Waals surface area contributed by atoms with E-state index in [0.29, 0.717) is 0 Å². The van der Waals surface area contributed by atoms with Gasteiger partial charge in [-0.25, -0.2) is 4.98 Å². The molecular formula is C11H18N4O. The van der Waals surface area contributed by atoms with Crippen LogP contribution in [0.4, 0.5) is 5.95 Å². The summed E-state index contributed by atoms with van der Waals surface area (Å²) < 4.78 is 1.59. The average Bonchev–Trinajstić information content (AvgIpc) is 2.68. The number of hydrogen-bond donors (Lipinski definition) is 1. The Bertz CT molecular complexity index is 440. The molecule has 0 bridgehead atoms. The van der Waals surface area contributed by atoms with Crippen LogP contribution < -0.4 is 16.2 Å². The highest BCUT2D eigenvalue weighted by molar-refractivity contribution is 5.34. The lowest BCUT2D eigenvalue weighted by Crippen LogP contribution is -2.32. The zero-order valence-electron chi connectivity index (χ0n) is 9.81. The molecule has 0 amide bonds. The molecule has 0 spiro atoms. The van der Waals surface area contributed by atoms with E-state index in [4.69, 9.17) is 5.73 Å². The van der Waals surface area contributed by atoms with Gasteiger partial charge in [0.05, 0.1) is 0 Å². The molecule has 0 aliphatic carbocycles. The average molecular weight is 222 g/mol. The molecule has 1 aliphatic rings. The number of nitrogens with zero attached hydrogens (tertiary/aromatic N) is 3. The lowest BCUT2D eigenvalue weighted by atomic mass is 10.3. The minimum atomic E-state index is 0.00215. The Hall–Kier alpha value is -1.36. The van der Waals surface area contributed by atoms with Gasteiger partial charge in [-0.3, -0.25) is 9.36 Å². The molecule has 2 heterocycles. The van der Waals surface area contributed by atoms with Crippen LogP contribution in [-0.4, -0.2) is 28.7 Å². The van der Waals surface area contributed by atoms with Gasteiger partial charge in [-0.1, -0.05) is 6.92 Å². The molecule has 2 rings (SSSR count). The summed E-state index contributed by atoms with van der Waals surface area (Å²) in [7, 11) is 1.76. The number of nitrogens with two attached hydrogens (primary N) is 1. The van der Waals surface area contributed by atoms with Crippen LogP contribution >= 0.6 is 0 Å². The summed E-state index contributed by atoms with van der Waals surface area (Å²) >= 11 is 0. The van der Waals surface area contributed by atoms with Crippen molar-refractivity contribution in [2.24, 2.45) is 12.8 Å². The van der Waals surface area contributed by atoms with Crippen LogP contribution in [0.5, 0.6) is 0 Å². The Kier molecular flexibility index (Phi) is 2.96. The fourth-order valence-corrected chi connectivity index (χ4v) is 2.01. The van der Waals surface area contributed by atoms with Gasteiger partial charge in [-0.05, 0) is 12.8 Å². The summed E-state index contributed by atoms with van der Waals surface area (Å²) in [4.78, 5) is 18.3. The normalized spacial score (nSPS) is 20.4. The molecule has 0 radical (unpaired) electrons. The van der Waals surface area contributed by atoms with Gasteiger partial charge in [0.2, 0.25) is 5.95 Å². The van der Waals surface area contributed by atoms with Gasteiger partial charge in [0.25, 0.3) is 5.56 Å². The molecule has 5 heteroatoms. The van der Waals surface area contributed by atoms with Crippen LogP contribution in [0, 0.1) is 0 Å². The Morgan fingerprint density at radius 3 is 2.94 bits per heavy atom. The van der Waals surface area contributed by atoms with Crippen LogP contribution in [0.1, 0.15) is 19.0 Å².